The molecule has 0 aliphatic carbocycles. The van der Waals surface area contributed by atoms with Gasteiger partial charge in [0.1, 0.15) is 11.7 Å². The van der Waals surface area contributed by atoms with Crippen LogP contribution in [0.1, 0.15) is 75.7 Å². The van der Waals surface area contributed by atoms with Crippen LogP contribution in [0.5, 0.6) is 0 Å². The molecule has 0 saturated carbocycles. The lowest BCUT2D eigenvalue weighted by molar-refractivity contribution is -0.143. The number of fused-ring (bicyclic) bond motifs is 3. The first-order chi connectivity index (χ1) is 15.9. The van der Waals surface area contributed by atoms with Crippen LogP contribution in [0.4, 0.5) is 0 Å². The zero-order valence-corrected chi connectivity index (χ0v) is 21.0. The van der Waals surface area contributed by atoms with E-state index < -0.39 is 5.97 Å². The lowest BCUT2D eigenvalue weighted by atomic mass is 9.99. The summed E-state index contributed by atoms with van der Waals surface area (Å²) in [5, 5.41) is 0.856. The average Bonchev–Trinajstić information content (AvgIpc) is 3.01. The molecule has 0 spiro atoms. The molecule has 0 N–H and O–H groups in total. The van der Waals surface area contributed by atoms with E-state index in [1.807, 2.05) is 45.0 Å². The zero-order valence-electron chi connectivity index (χ0n) is 20.2. The van der Waals surface area contributed by atoms with Crippen LogP contribution in [0.3, 0.4) is 0 Å². The summed E-state index contributed by atoms with van der Waals surface area (Å²) in [5.41, 5.74) is 0.628. The Morgan fingerprint density at radius 2 is 1.79 bits per heavy atom. The van der Waals surface area contributed by atoms with Gasteiger partial charge in [-0.1, -0.05) is 18.2 Å². The summed E-state index contributed by atoms with van der Waals surface area (Å²) in [6.45, 7) is 6.98. The molecule has 34 heavy (non-hydrogen) atoms. The van der Waals surface area contributed by atoms with Gasteiger partial charge in [-0.25, -0.2) is 4.79 Å². The maximum absolute atomic E-state index is 13.1. The van der Waals surface area contributed by atoms with E-state index in [4.69, 9.17) is 9.47 Å². The number of halogens is 1. The molecule has 4 rings (SSSR count). The summed E-state index contributed by atoms with van der Waals surface area (Å²) < 4.78 is 12.6. The van der Waals surface area contributed by atoms with E-state index in [9.17, 15) is 14.4 Å². The lowest BCUT2D eigenvalue weighted by Crippen LogP contribution is -2.46. The minimum Gasteiger partial charge on any atom is -0.466 e. The van der Waals surface area contributed by atoms with Gasteiger partial charge >= 0.3 is 11.9 Å². The van der Waals surface area contributed by atoms with Crippen LogP contribution in [0.15, 0.2) is 35.1 Å². The first kappa shape index (κ1) is 26.2. The monoisotopic (exact) mass is 490 g/mol. The highest BCUT2D eigenvalue weighted by Crippen LogP contribution is 2.37. The summed E-state index contributed by atoms with van der Waals surface area (Å²) in [6.07, 6.45) is 4.73. The van der Waals surface area contributed by atoms with Crippen molar-refractivity contribution in [1.29, 1.82) is 0 Å². The van der Waals surface area contributed by atoms with Gasteiger partial charge in [0.2, 0.25) is 0 Å². The second-order valence-corrected chi connectivity index (χ2v) is 9.42. The van der Waals surface area contributed by atoms with Crippen molar-refractivity contribution in [3.05, 3.63) is 46.2 Å². The highest BCUT2D eigenvalue weighted by molar-refractivity contribution is 5.94. The van der Waals surface area contributed by atoms with E-state index in [1.54, 1.807) is 10.6 Å². The van der Waals surface area contributed by atoms with Crippen LogP contribution in [0, 0.1) is 0 Å². The van der Waals surface area contributed by atoms with Gasteiger partial charge in [-0.2, -0.15) is 0 Å². The summed E-state index contributed by atoms with van der Waals surface area (Å²) >= 11 is 0. The van der Waals surface area contributed by atoms with Crippen LogP contribution >= 0.6 is 12.4 Å². The van der Waals surface area contributed by atoms with Gasteiger partial charge in [-0.15, -0.1) is 12.4 Å². The van der Waals surface area contributed by atoms with Crippen molar-refractivity contribution >= 4 is 35.2 Å². The Hall–Kier alpha value is -2.38. The average molecular weight is 491 g/mol. The molecule has 8 heteroatoms. The van der Waals surface area contributed by atoms with Gasteiger partial charge in [-0.05, 0) is 64.1 Å². The number of nitrogens with zero attached hydrogens (tertiary/aromatic N) is 2. The molecular formula is C26H35ClN2O5. The third-order valence-electron chi connectivity index (χ3n) is 6.90. The van der Waals surface area contributed by atoms with Gasteiger partial charge in [0.05, 0.1) is 12.1 Å². The van der Waals surface area contributed by atoms with E-state index >= 15 is 0 Å². The second kappa shape index (κ2) is 11.4. The smallest absolute Gasteiger partial charge is 0.344 e. The minimum atomic E-state index is -0.527. The highest BCUT2D eigenvalue weighted by Gasteiger charge is 2.42. The minimum absolute atomic E-state index is 0. The van der Waals surface area contributed by atoms with Crippen LogP contribution in [-0.2, 0) is 14.3 Å². The van der Waals surface area contributed by atoms with Gasteiger partial charge in [0, 0.05) is 37.4 Å². The van der Waals surface area contributed by atoms with E-state index in [-0.39, 0.29) is 41.6 Å². The second-order valence-electron chi connectivity index (χ2n) is 9.42. The van der Waals surface area contributed by atoms with Crippen molar-refractivity contribution in [2.75, 3.05) is 13.2 Å². The number of benzene rings is 1. The predicted octanol–water partition coefficient (Wildman–Crippen LogP) is 4.50. The molecule has 2 aromatic rings. The van der Waals surface area contributed by atoms with Crippen molar-refractivity contribution in [2.45, 2.75) is 83.5 Å². The number of ether oxygens (including phenoxy) is 2. The van der Waals surface area contributed by atoms with Crippen molar-refractivity contribution in [1.82, 2.24) is 9.47 Å². The molecular weight excluding hydrogens is 456 g/mol. The molecule has 3 heterocycles. The summed E-state index contributed by atoms with van der Waals surface area (Å²) in [6, 6.07) is 9.93. The predicted molar refractivity (Wildman–Crippen MR) is 134 cm³/mol. The number of esters is 2. The van der Waals surface area contributed by atoms with Gasteiger partial charge in [0.15, 0.2) is 0 Å². The first-order valence-electron chi connectivity index (χ1n) is 12.2. The molecule has 3 atom stereocenters. The summed E-state index contributed by atoms with van der Waals surface area (Å²) in [7, 11) is 0. The summed E-state index contributed by atoms with van der Waals surface area (Å²) in [4.78, 5) is 40.3. The quantitative estimate of drug-likeness (QED) is 0.507. The van der Waals surface area contributed by atoms with Gasteiger partial charge < -0.3 is 14.0 Å². The Morgan fingerprint density at radius 3 is 2.44 bits per heavy atom. The molecule has 1 aromatic heterocycles. The fourth-order valence-corrected chi connectivity index (χ4v) is 5.48. The van der Waals surface area contributed by atoms with Gasteiger partial charge in [-0.3, -0.25) is 14.5 Å². The molecule has 2 saturated heterocycles. The van der Waals surface area contributed by atoms with Crippen LogP contribution in [-0.4, -0.2) is 52.7 Å². The van der Waals surface area contributed by atoms with Crippen molar-refractivity contribution in [3.8, 4) is 0 Å². The Kier molecular flexibility index (Phi) is 8.77. The van der Waals surface area contributed by atoms with E-state index in [2.05, 4.69) is 4.90 Å². The third kappa shape index (κ3) is 5.47. The van der Waals surface area contributed by atoms with Gasteiger partial charge in [0.25, 0.3) is 5.56 Å². The number of carbonyl (C=O) groups is 2. The number of piperidine rings is 1. The topological polar surface area (TPSA) is 77.8 Å². The molecule has 1 aromatic carbocycles. The van der Waals surface area contributed by atoms with E-state index in [0.29, 0.717) is 25.1 Å². The Balaban J connectivity index is 0.00000324. The molecule has 2 aliphatic heterocycles. The van der Waals surface area contributed by atoms with Crippen LogP contribution in [0.25, 0.3) is 10.9 Å². The molecule has 0 amide bonds. The molecule has 7 nitrogen and oxygen atoms in total. The Morgan fingerprint density at radius 1 is 1.12 bits per heavy atom. The SMILES string of the molecule is CCOC(=O)CCCN1[C@@H]2CC[C@H]1CC(OC(=O)c1cc3ccccc3n(C(C)C)c1=O)C2.Cl. The largest absolute Gasteiger partial charge is 0.466 e. The fourth-order valence-electron chi connectivity index (χ4n) is 5.48. The number of para-hydroxylation sites is 1. The van der Waals surface area contributed by atoms with Crippen molar-refractivity contribution in [2.24, 2.45) is 0 Å². The Bertz CT molecular complexity index is 1070. The molecule has 0 radical (unpaired) electrons. The zero-order chi connectivity index (χ0) is 23.5. The normalized spacial score (nSPS) is 21.9. The van der Waals surface area contributed by atoms with Crippen molar-refractivity contribution < 1.29 is 19.1 Å². The van der Waals surface area contributed by atoms with E-state index in [0.717, 1.165) is 49.6 Å². The maximum atomic E-state index is 13.1. The molecule has 2 aliphatic rings. The lowest BCUT2D eigenvalue weighted by Gasteiger charge is -2.38. The van der Waals surface area contributed by atoms with E-state index in [1.165, 1.54) is 0 Å². The fraction of sp³-hybridized carbons (Fsp3) is 0.577. The number of pyridine rings is 1. The molecule has 186 valence electrons. The number of hydrogen-bond donors (Lipinski definition) is 0. The highest BCUT2D eigenvalue weighted by atomic mass is 35.5. The Labute approximate surface area is 206 Å². The number of hydrogen-bond acceptors (Lipinski definition) is 6. The number of carbonyl (C=O) groups excluding carboxylic acids is 2. The number of aromatic nitrogens is 1. The first-order valence-corrected chi connectivity index (χ1v) is 12.2. The molecule has 2 bridgehead atoms. The molecule has 1 unspecified atom stereocenters. The third-order valence-corrected chi connectivity index (χ3v) is 6.90. The van der Waals surface area contributed by atoms with Crippen LogP contribution in [0.2, 0.25) is 0 Å². The standard InChI is InChI=1S/C26H34N2O5.ClH/c1-4-32-24(29)10-7-13-27-19-11-12-20(27)16-21(15-19)33-26(31)22-14-18-8-5-6-9-23(18)28(17(2)3)25(22)30;/h5-6,8-9,14,17,19-21H,4,7,10-13,15-16H2,1-3H3;1H/t19-,20+,21?;. The van der Waals surface area contributed by atoms with Crippen molar-refractivity contribution in [3.63, 3.8) is 0 Å². The summed E-state index contributed by atoms with van der Waals surface area (Å²) in [5.74, 6) is -0.670. The molecule has 2 fully saturated rings. The van der Waals surface area contributed by atoms with Crippen LogP contribution < -0.4 is 5.56 Å². The number of rotatable bonds is 8. The maximum Gasteiger partial charge on any atom is 0.344 e.